The quantitative estimate of drug-likeness (QED) is 0.529. The summed E-state index contributed by atoms with van der Waals surface area (Å²) in [7, 11) is 1.28. The second-order valence-electron chi connectivity index (χ2n) is 8.57. The lowest BCUT2D eigenvalue weighted by molar-refractivity contribution is -0.137. The van der Waals surface area contributed by atoms with Crippen LogP contribution in [0, 0.1) is 12.7 Å². The number of rotatable bonds is 5. The number of aryl methyl sites for hydroxylation is 1. The summed E-state index contributed by atoms with van der Waals surface area (Å²) in [6, 6.07) is 8.43. The third-order valence-electron chi connectivity index (χ3n) is 6.16. The Morgan fingerprint density at radius 2 is 1.86 bits per heavy atom. The summed E-state index contributed by atoms with van der Waals surface area (Å²) in [6.07, 6.45) is -4.15. The van der Waals surface area contributed by atoms with Crippen LogP contribution in [0.5, 0.6) is 0 Å². The average Bonchev–Trinajstić information content (AvgIpc) is 2.85. The number of carbonyl (C=O) groups excluding carboxylic acids is 1. The van der Waals surface area contributed by atoms with Gasteiger partial charge in [0.1, 0.15) is 12.9 Å². The lowest BCUT2D eigenvalue weighted by Gasteiger charge is -2.29. The largest absolute Gasteiger partial charge is 0.416 e. The second kappa shape index (κ2) is 9.63. The molecule has 2 heterocycles. The smallest absolute Gasteiger partial charge is 0.411 e. The molecule has 1 aliphatic rings. The van der Waals surface area contributed by atoms with Crippen LogP contribution in [0.2, 0.25) is 0 Å². The van der Waals surface area contributed by atoms with Gasteiger partial charge in [0.05, 0.1) is 29.4 Å². The number of aromatic nitrogens is 2. The standard InChI is InChI=1S/C25H24F4N4O3/c1-14-4-5-17(12-20(14)26)22(34)32-11-10-21-19(13-32)23(35)33(36-3)24(31-21)30-15(2)16-6-8-18(9-7-16)25(27,28)29/h4-9,12,15H,10-11,13H2,1-3H3,(H,30,31). The fourth-order valence-corrected chi connectivity index (χ4v) is 4.04. The highest BCUT2D eigenvalue weighted by Crippen LogP contribution is 2.30. The number of fused-ring (bicyclic) bond motifs is 1. The van der Waals surface area contributed by atoms with Gasteiger partial charge in [-0.05, 0) is 49.2 Å². The Labute approximate surface area is 204 Å². The highest BCUT2D eigenvalue weighted by Gasteiger charge is 2.31. The number of nitrogens with one attached hydrogen (secondary N) is 1. The Morgan fingerprint density at radius 1 is 1.17 bits per heavy atom. The normalized spacial score (nSPS) is 14.2. The summed E-state index contributed by atoms with van der Waals surface area (Å²) in [5.41, 5.74) is 0.647. The summed E-state index contributed by atoms with van der Waals surface area (Å²) in [5.74, 6) is -0.797. The summed E-state index contributed by atoms with van der Waals surface area (Å²) >= 11 is 0. The molecule has 0 aliphatic carbocycles. The predicted molar refractivity (Wildman–Crippen MR) is 124 cm³/mol. The summed E-state index contributed by atoms with van der Waals surface area (Å²) < 4.78 is 53.5. The van der Waals surface area contributed by atoms with E-state index in [0.29, 0.717) is 23.2 Å². The molecular formula is C25H24F4N4O3. The van der Waals surface area contributed by atoms with Crippen LogP contribution in [0.15, 0.2) is 47.3 Å². The van der Waals surface area contributed by atoms with Gasteiger partial charge in [0.25, 0.3) is 11.5 Å². The molecule has 11 heteroatoms. The van der Waals surface area contributed by atoms with Crippen molar-refractivity contribution in [3.8, 4) is 0 Å². The van der Waals surface area contributed by atoms with E-state index in [0.717, 1.165) is 16.9 Å². The lowest BCUT2D eigenvalue weighted by Crippen LogP contribution is -2.42. The summed E-state index contributed by atoms with van der Waals surface area (Å²) in [4.78, 5) is 37.3. The zero-order chi connectivity index (χ0) is 26.2. The van der Waals surface area contributed by atoms with E-state index in [4.69, 9.17) is 4.84 Å². The first kappa shape index (κ1) is 25.2. The van der Waals surface area contributed by atoms with Crippen molar-refractivity contribution < 1.29 is 27.2 Å². The maximum Gasteiger partial charge on any atom is 0.416 e. The van der Waals surface area contributed by atoms with Crippen molar-refractivity contribution in [2.45, 2.75) is 39.0 Å². The molecular weight excluding hydrogens is 480 g/mol. The summed E-state index contributed by atoms with van der Waals surface area (Å²) in [5, 5.41) is 3.02. The number of anilines is 1. The number of nitrogens with zero attached hydrogens (tertiary/aromatic N) is 3. The van der Waals surface area contributed by atoms with Crippen molar-refractivity contribution >= 4 is 11.9 Å². The van der Waals surface area contributed by atoms with Gasteiger partial charge in [0, 0.05) is 18.5 Å². The molecule has 1 aliphatic heterocycles. The van der Waals surface area contributed by atoms with Gasteiger partial charge < -0.3 is 15.1 Å². The number of halogens is 4. The number of benzene rings is 2. The van der Waals surface area contributed by atoms with Crippen LogP contribution in [-0.2, 0) is 19.1 Å². The van der Waals surface area contributed by atoms with E-state index in [-0.39, 0.29) is 30.2 Å². The molecule has 7 nitrogen and oxygen atoms in total. The minimum absolute atomic E-state index is 0.0202. The molecule has 4 rings (SSSR count). The first-order valence-corrected chi connectivity index (χ1v) is 11.2. The Balaban J connectivity index is 1.57. The van der Waals surface area contributed by atoms with Gasteiger partial charge in [-0.1, -0.05) is 18.2 Å². The zero-order valence-electron chi connectivity index (χ0n) is 19.8. The number of hydrogen-bond donors (Lipinski definition) is 1. The third-order valence-corrected chi connectivity index (χ3v) is 6.16. The lowest BCUT2D eigenvalue weighted by atomic mass is 10.0. The highest BCUT2D eigenvalue weighted by molar-refractivity contribution is 5.94. The molecule has 2 aromatic carbocycles. The van der Waals surface area contributed by atoms with Gasteiger partial charge in [-0.15, -0.1) is 4.73 Å². The van der Waals surface area contributed by atoms with Crippen molar-refractivity contribution in [1.82, 2.24) is 14.6 Å². The number of alkyl halides is 3. The molecule has 190 valence electrons. The van der Waals surface area contributed by atoms with Crippen LogP contribution < -0.4 is 15.7 Å². The van der Waals surface area contributed by atoms with Gasteiger partial charge in [-0.25, -0.2) is 9.37 Å². The van der Waals surface area contributed by atoms with E-state index in [1.165, 1.54) is 42.3 Å². The molecule has 3 aromatic rings. The third kappa shape index (κ3) is 4.91. The van der Waals surface area contributed by atoms with Gasteiger partial charge in [0.15, 0.2) is 0 Å². The molecule has 0 bridgehead atoms. The highest BCUT2D eigenvalue weighted by atomic mass is 19.4. The average molecular weight is 504 g/mol. The number of hydrogen-bond acceptors (Lipinski definition) is 5. The molecule has 0 saturated carbocycles. The van der Waals surface area contributed by atoms with Crippen LogP contribution >= 0.6 is 0 Å². The van der Waals surface area contributed by atoms with Crippen LogP contribution in [-0.4, -0.2) is 34.2 Å². The molecule has 0 spiro atoms. The van der Waals surface area contributed by atoms with E-state index >= 15 is 0 Å². The first-order valence-electron chi connectivity index (χ1n) is 11.2. The maximum absolute atomic E-state index is 13.9. The molecule has 0 radical (unpaired) electrons. The van der Waals surface area contributed by atoms with Gasteiger partial charge in [-0.2, -0.15) is 13.2 Å². The summed E-state index contributed by atoms with van der Waals surface area (Å²) in [6.45, 7) is 3.57. The van der Waals surface area contributed by atoms with Crippen LogP contribution in [0.1, 0.15) is 51.3 Å². The van der Waals surface area contributed by atoms with Gasteiger partial charge in [-0.3, -0.25) is 9.59 Å². The van der Waals surface area contributed by atoms with E-state index in [1.807, 2.05) is 0 Å². The maximum atomic E-state index is 13.9. The monoisotopic (exact) mass is 504 g/mol. The fourth-order valence-electron chi connectivity index (χ4n) is 4.04. The molecule has 1 aromatic heterocycles. The number of carbonyl (C=O) groups is 1. The Bertz CT molecular complexity index is 1350. The van der Waals surface area contributed by atoms with Crippen LogP contribution in [0.25, 0.3) is 0 Å². The topological polar surface area (TPSA) is 76.5 Å². The van der Waals surface area contributed by atoms with Crippen LogP contribution in [0.4, 0.5) is 23.5 Å². The fraction of sp³-hybridized carbons (Fsp3) is 0.320. The molecule has 1 amide bonds. The molecule has 1 unspecified atom stereocenters. The molecule has 1 atom stereocenters. The van der Waals surface area contributed by atoms with E-state index < -0.39 is 35.1 Å². The van der Waals surface area contributed by atoms with E-state index in [2.05, 4.69) is 10.3 Å². The van der Waals surface area contributed by atoms with Gasteiger partial charge >= 0.3 is 6.18 Å². The molecule has 0 saturated heterocycles. The Hall–Kier alpha value is -3.89. The SMILES string of the molecule is COn1c(NC(C)c2ccc(C(F)(F)F)cc2)nc2c(c1=O)CN(C(=O)c1ccc(C)c(F)c1)CC2. The predicted octanol–water partition coefficient (Wildman–Crippen LogP) is 4.14. The minimum Gasteiger partial charge on any atom is -0.411 e. The van der Waals surface area contributed by atoms with E-state index in [9.17, 15) is 27.2 Å². The van der Waals surface area contributed by atoms with Crippen molar-refractivity contribution in [2.24, 2.45) is 0 Å². The zero-order valence-corrected chi connectivity index (χ0v) is 19.8. The first-order chi connectivity index (χ1) is 17.0. The van der Waals surface area contributed by atoms with Crippen LogP contribution in [0.3, 0.4) is 0 Å². The van der Waals surface area contributed by atoms with Gasteiger partial charge in [0.2, 0.25) is 5.95 Å². The molecule has 0 fully saturated rings. The van der Waals surface area contributed by atoms with Crippen molar-refractivity contribution in [3.05, 3.63) is 92.1 Å². The molecule has 1 N–H and O–H groups in total. The minimum atomic E-state index is -4.44. The van der Waals surface area contributed by atoms with Crippen molar-refractivity contribution in [3.63, 3.8) is 0 Å². The van der Waals surface area contributed by atoms with Crippen molar-refractivity contribution in [2.75, 3.05) is 19.0 Å². The number of amides is 1. The van der Waals surface area contributed by atoms with Crippen molar-refractivity contribution in [1.29, 1.82) is 0 Å². The molecule has 36 heavy (non-hydrogen) atoms. The Morgan fingerprint density at radius 3 is 2.47 bits per heavy atom. The van der Waals surface area contributed by atoms with E-state index in [1.54, 1.807) is 13.8 Å². The Kier molecular flexibility index (Phi) is 6.75. The second-order valence-corrected chi connectivity index (χ2v) is 8.57.